The molecule has 1 aliphatic heterocycles. The fourth-order valence-electron chi connectivity index (χ4n) is 5.67. The zero-order valence-corrected chi connectivity index (χ0v) is 18.6. The molecule has 2 nitrogen and oxygen atoms in total. The number of likely N-dealkylation sites (tertiary alicyclic amines) is 1. The van der Waals surface area contributed by atoms with Crippen LogP contribution in [-0.4, -0.2) is 50.1 Å². The highest BCUT2D eigenvalue weighted by Crippen LogP contribution is 2.53. The number of hydrogen-bond acceptors (Lipinski definition) is 2. The largest absolute Gasteiger partial charge is 0.309 e. The SMILES string of the molecule is CCCCCC1(CCCCC)CCC2(CCN(CCCN(C)C)C2)CC1. The summed E-state index contributed by atoms with van der Waals surface area (Å²) in [5.74, 6) is 0. The summed E-state index contributed by atoms with van der Waals surface area (Å²) in [6, 6.07) is 0. The van der Waals surface area contributed by atoms with Gasteiger partial charge in [0.05, 0.1) is 0 Å². The van der Waals surface area contributed by atoms with Gasteiger partial charge in [0.15, 0.2) is 0 Å². The van der Waals surface area contributed by atoms with Gasteiger partial charge in [0.1, 0.15) is 0 Å². The fourth-order valence-corrected chi connectivity index (χ4v) is 5.67. The maximum Gasteiger partial charge on any atom is 0.00385 e. The molecule has 0 N–H and O–H groups in total. The first kappa shape index (κ1) is 22.2. The molecule has 0 aromatic carbocycles. The van der Waals surface area contributed by atoms with Gasteiger partial charge < -0.3 is 9.80 Å². The maximum atomic E-state index is 2.78. The number of nitrogens with zero attached hydrogens (tertiary/aromatic N) is 2. The molecule has 1 spiro atoms. The van der Waals surface area contributed by atoms with Crippen molar-refractivity contribution in [3.05, 3.63) is 0 Å². The summed E-state index contributed by atoms with van der Waals surface area (Å²) in [5, 5.41) is 0. The quantitative estimate of drug-likeness (QED) is 0.372. The van der Waals surface area contributed by atoms with Crippen LogP contribution in [0.15, 0.2) is 0 Å². The van der Waals surface area contributed by atoms with E-state index in [0.29, 0.717) is 10.8 Å². The third-order valence-electron chi connectivity index (χ3n) is 7.59. The van der Waals surface area contributed by atoms with Gasteiger partial charge in [-0.3, -0.25) is 0 Å². The van der Waals surface area contributed by atoms with Gasteiger partial charge in [-0.25, -0.2) is 0 Å². The average Bonchev–Trinajstić information content (AvgIpc) is 3.01. The van der Waals surface area contributed by atoms with Crippen molar-refractivity contribution in [1.29, 1.82) is 0 Å². The van der Waals surface area contributed by atoms with E-state index in [1.807, 2.05) is 0 Å². The van der Waals surface area contributed by atoms with Gasteiger partial charge >= 0.3 is 0 Å². The maximum absolute atomic E-state index is 2.78. The Bertz CT molecular complexity index is 356. The molecule has 1 saturated carbocycles. The van der Waals surface area contributed by atoms with Gasteiger partial charge in [-0.1, -0.05) is 52.4 Å². The highest BCUT2D eigenvalue weighted by Gasteiger charge is 2.45. The van der Waals surface area contributed by atoms with E-state index >= 15 is 0 Å². The van der Waals surface area contributed by atoms with Crippen molar-refractivity contribution in [2.24, 2.45) is 10.8 Å². The zero-order chi connectivity index (χ0) is 18.9. The highest BCUT2D eigenvalue weighted by molar-refractivity contribution is 4.97. The van der Waals surface area contributed by atoms with E-state index in [9.17, 15) is 0 Å². The second-order valence-corrected chi connectivity index (χ2v) is 10.1. The molecule has 154 valence electrons. The molecule has 2 aliphatic rings. The molecule has 26 heavy (non-hydrogen) atoms. The first-order valence-corrected chi connectivity index (χ1v) is 11.9. The van der Waals surface area contributed by atoms with Crippen molar-refractivity contribution in [3.63, 3.8) is 0 Å². The molecule has 1 heterocycles. The molecule has 0 atom stereocenters. The Hall–Kier alpha value is -0.0800. The van der Waals surface area contributed by atoms with Crippen LogP contribution < -0.4 is 0 Å². The molecule has 1 saturated heterocycles. The summed E-state index contributed by atoms with van der Waals surface area (Å²) in [5.41, 5.74) is 1.41. The second kappa shape index (κ2) is 11.1. The summed E-state index contributed by atoms with van der Waals surface area (Å²) < 4.78 is 0. The van der Waals surface area contributed by atoms with Crippen LogP contribution in [0, 0.1) is 10.8 Å². The standard InChI is InChI=1S/C24H48N2/c1-5-7-9-12-23(13-10-8-6-2)14-16-24(17-15-23)18-21-26(22-24)20-11-19-25(3)4/h5-22H2,1-4H3. The first-order chi connectivity index (χ1) is 12.5. The number of unbranched alkanes of at least 4 members (excludes halogenated alkanes) is 4. The molecule has 2 rings (SSSR count). The van der Waals surface area contributed by atoms with Crippen molar-refractivity contribution < 1.29 is 0 Å². The molecule has 2 fully saturated rings. The first-order valence-electron chi connectivity index (χ1n) is 11.9. The van der Waals surface area contributed by atoms with Crippen molar-refractivity contribution in [2.75, 3.05) is 40.3 Å². The lowest BCUT2D eigenvalue weighted by atomic mass is 9.60. The summed E-state index contributed by atoms with van der Waals surface area (Å²) in [6.07, 6.45) is 20.6. The van der Waals surface area contributed by atoms with Crippen LogP contribution in [0.25, 0.3) is 0 Å². The smallest absolute Gasteiger partial charge is 0.00385 e. The van der Waals surface area contributed by atoms with E-state index in [1.165, 1.54) is 116 Å². The minimum absolute atomic E-state index is 0.692. The zero-order valence-electron chi connectivity index (χ0n) is 18.6. The Labute approximate surface area is 165 Å². The molecule has 1 aliphatic carbocycles. The predicted molar refractivity (Wildman–Crippen MR) is 116 cm³/mol. The molecule has 0 aromatic rings. The van der Waals surface area contributed by atoms with E-state index in [2.05, 4.69) is 37.7 Å². The van der Waals surface area contributed by atoms with E-state index in [4.69, 9.17) is 0 Å². The van der Waals surface area contributed by atoms with Crippen molar-refractivity contribution in [2.45, 2.75) is 104 Å². The Morgan fingerprint density at radius 1 is 0.769 bits per heavy atom. The second-order valence-electron chi connectivity index (χ2n) is 10.1. The summed E-state index contributed by atoms with van der Waals surface area (Å²) >= 11 is 0. The minimum Gasteiger partial charge on any atom is -0.309 e. The van der Waals surface area contributed by atoms with Gasteiger partial charge in [-0.15, -0.1) is 0 Å². The van der Waals surface area contributed by atoms with Crippen LogP contribution in [0.5, 0.6) is 0 Å². The molecule has 0 radical (unpaired) electrons. The van der Waals surface area contributed by atoms with E-state index in [-0.39, 0.29) is 0 Å². The third-order valence-corrected chi connectivity index (χ3v) is 7.59. The lowest BCUT2D eigenvalue weighted by Crippen LogP contribution is -2.37. The molecule has 0 amide bonds. The fraction of sp³-hybridized carbons (Fsp3) is 1.00. The monoisotopic (exact) mass is 364 g/mol. The van der Waals surface area contributed by atoms with E-state index in [1.54, 1.807) is 0 Å². The molecule has 2 heteroatoms. The predicted octanol–water partition coefficient (Wildman–Crippen LogP) is 6.35. The van der Waals surface area contributed by atoms with Crippen LogP contribution >= 0.6 is 0 Å². The summed E-state index contributed by atoms with van der Waals surface area (Å²) in [7, 11) is 4.40. The van der Waals surface area contributed by atoms with Gasteiger partial charge in [-0.2, -0.15) is 0 Å². The van der Waals surface area contributed by atoms with Gasteiger partial charge in [0.2, 0.25) is 0 Å². The third kappa shape index (κ3) is 6.82. The lowest BCUT2D eigenvalue weighted by molar-refractivity contribution is 0.0615. The summed E-state index contributed by atoms with van der Waals surface area (Å²) in [6.45, 7) is 10.0. The van der Waals surface area contributed by atoms with Gasteiger partial charge in [-0.05, 0) is 95.9 Å². The molecule has 0 bridgehead atoms. The number of rotatable bonds is 12. The Kier molecular flexibility index (Phi) is 9.44. The lowest BCUT2D eigenvalue weighted by Gasteiger charge is -2.46. The van der Waals surface area contributed by atoms with Crippen LogP contribution in [0.4, 0.5) is 0 Å². The van der Waals surface area contributed by atoms with Crippen LogP contribution in [-0.2, 0) is 0 Å². The van der Waals surface area contributed by atoms with E-state index < -0.39 is 0 Å². The van der Waals surface area contributed by atoms with Crippen molar-refractivity contribution in [3.8, 4) is 0 Å². The van der Waals surface area contributed by atoms with Crippen LogP contribution in [0.2, 0.25) is 0 Å². The van der Waals surface area contributed by atoms with Gasteiger partial charge in [0.25, 0.3) is 0 Å². The van der Waals surface area contributed by atoms with Crippen molar-refractivity contribution >= 4 is 0 Å². The Balaban J connectivity index is 1.81. The molecule has 0 aromatic heterocycles. The van der Waals surface area contributed by atoms with Crippen LogP contribution in [0.3, 0.4) is 0 Å². The molecule has 0 unspecified atom stereocenters. The van der Waals surface area contributed by atoms with Crippen LogP contribution in [0.1, 0.15) is 104 Å². The van der Waals surface area contributed by atoms with Gasteiger partial charge in [0, 0.05) is 6.54 Å². The molecular weight excluding hydrogens is 316 g/mol. The Morgan fingerprint density at radius 2 is 1.38 bits per heavy atom. The highest BCUT2D eigenvalue weighted by atomic mass is 15.2. The summed E-state index contributed by atoms with van der Waals surface area (Å²) in [4.78, 5) is 5.11. The van der Waals surface area contributed by atoms with Crippen molar-refractivity contribution in [1.82, 2.24) is 9.80 Å². The topological polar surface area (TPSA) is 6.48 Å². The minimum atomic E-state index is 0.692. The number of hydrogen-bond donors (Lipinski definition) is 0. The molecular formula is C24H48N2. The normalized spacial score (nSPS) is 22.5. The Morgan fingerprint density at radius 3 is 1.92 bits per heavy atom. The van der Waals surface area contributed by atoms with E-state index in [0.717, 1.165) is 0 Å². The average molecular weight is 365 g/mol.